The summed E-state index contributed by atoms with van der Waals surface area (Å²) in [6.07, 6.45) is 0. The molecule has 3 nitrogen and oxygen atoms in total. The van der Waals surface area contributed by atoms with Gasteiger partial charge in [0.05, 0.1) is 16.3 Å². The molecule has 0 bridgehead atoms. The van der Waals surface area contributed by atoms with Crippen LogP contribution in [0.25, 0.3) is 0 Å². The fourth-order valence-electron chi connectivity index (χ4n) is 1.99. The molecule has 0 unspecified atom stereocenters. The van der Waals surface area contributed by atoms with Gasteiger partial charge in [-0.2, -0.15) is 0 Å². The molecule has 0 aliphatic carbocycles. The first kappa shape index (κ1) is 15.7. The minimum atomic E-state index is -0.235. The molecule has 110 valence electrons. The average Bonchev–Trinajstić information content (AvgIpc) is 2.44. The largest absolute Gasteiger partial charge is 0.387 e. The maximum absolute atomic E-state index is 12.4. The van der Waals surface area contributed by atoms with Gasteiger partial charge in [-0.15, -0.1) is 0 Å². The standard InChI is InChI=1S/C16H16Cl2N2O/c1-9-4-5-11(14(6-9)19-3)16(21)20-15-8-12(17)10(2)7-13(15)18/h4-8,19H,1-3H3,(H,20,21). The Morgan fingerprint density at radius 1 is 1.00 bits per heavy atom. The Labute approximate surface area is 134 Å². The molecular formula is C16H16Cl2N2O. The molecule has 2 rings (SSSR count). The normalized spacial score (nSPS) is 10.3. The monoisotopic (exact) mass is 322 g/mol. The highest BCUT2D eigenvalue weighted by Gasteiger charge is 2.13. The van der Waals surface area contributed by atoms with Gasteiger partial charge in [-0.25, -0.2) is 0 Å². The first-order valence-corrected chi connectivity index (χ1v) is 7.23. The summed E-state index contributed by atoms with van der Waals surface area (Å²) in [7, 11) is 1.78. The summed E-state index contributed by atoms with van der Waals surface area (Å²) in [4.78, 5) is 12.4. The quantitative estimate of drug-likeness (QED) is 0.843. The summed E-state index contributed by atoms with van der Waals surface area (Å²) < 4.78 is 0. The molecule has 2 N–H and O–H groups in total. The predicted octanol–water partition coefficient (Wildman–Crippen LogP) is 4.90. The van der Waals surface area contributed by atoms with Crippen molar-refractivity contribution in [3.63, 3.8) is 0 Å². The molecule has 0 radical (unpaired) electrons. The maximum Gasteiger partial charge on any atom is 0.257 e. The van der Waals surface area contributed by atoms with Crippen molar-refractivity contribution in [3.8, 4) is 0 Å². The van der Waals surface area contributed by atoms with Crippen LogP contribution in [0.2, 0.25) is 10.0 Å². The van der Waals surface area contributed by atoms with Crippen molar-refractivity contribution >= 4 is 40.5 Å². The summed E-state index contributed by atoms with van der Waals surface area (Å²) in [6.45, 7) is 3.83. The number of aryl methyl sites for hydroxylation is 2. The van der Waals surface area contributed by atoms with Crippen LogP contribution in [0, 0.1) is 13.8 Å². The number of amides is 1. The molecule has 0 aliphatic heterocycles. The van der Waals surface area contributed by atoms with E-state index in [4.69, 9.17) is 23.2 Å². The molecule has 5 heteroatoms. The van der Waals surface area contributed by atoms with E-state index >= 15 is 0 Å². The summed E-state index contributed by atoms with van der Waals surface area (Å²) in [5, 5.41) is 6.84. The number of hydrogen-bond donors (Lipinski definition) is 2. The fraction of sp³-hybridized carbons (Fsp3) is 0.188. The van der Waals surface area contributed by atoms with E-state index in [-0.39, 0.29) is 5.91 Å². The van der Waals surface area contributed by atoms with Crippen LogP contribution in [0.5, 0.6) is 0 Å². The van der Waals surface area contributed by atoms with Gasteiger partial charge in [0.1, 0.15) is 0 Å². The second kappa shape index (κ2) is 6.37. The zero-order chi connectivity index (χ0) is 15.6. The molecule has 0 saturated carbocycles. The third-order valence-corrected chi connectivity index (χ3v) is 3.91. The van der Waals surface area contributed by atoms with Crippen molar-refractivity contribution in [1.82, 2.24) is 0 Å². The Morgan fingerprint density at radius 2 is 1.71 bits per heavy atom. The first-order valence-electron chi connectivity index (χ1n) is 6.47. The predicted molar refractivity (Wildman–Crippen MR) is 89.9 cm³/mol. The van der Waals surface area contributed by atoms with Crippen LogP contribution in [-0.2, 0) is 0 Å². The van der Waals surface area contributed by atoms with Gasteiger partial charge in [-0.3, -0.25) is 4.79 Å². The third kappa shape index (κ3) is 3.49. The highest BCUT2D eigenvalue weighted by atomic mass is 35.5. The van der Waals surface area contributed by atoms with Crippen molar-refractivity contribution in [1.29, 1.82) is 0 Å². The Balaban J connectivity index is 2.32. The van der Waals surface area contributed by atoms with Crippen LogP contribution in [0.3, 0.4) is 0 Å². The highest BCUT2D eigenvalue weighted by Crippen LogP contribution is 2.29. The lowest BCUT2D eigenvalue weighted by Gasteiger charge is -2.12. The number of nitrogens with one attached hydrogen (secondary N) is 2. The van der Waals surface area contributed by atoms with Gasteiger partial charge >= 0.3 is 0 Å². The minimum Gasteiger partial charge on any atom is -0.387 e. The van der Waals surface area contributed by atoms with Gasteiger partial charge in [-0.1, -0.05) is 29.3 Å². The molecule has 2 aromatic carbocycles. The smallest absolute Gasteiger partial charge is 0.257 e. The van der Waals surface area contributed by atoms with E-state index in [2.05, 4.69) is 10.6 Å². The van der Waals surface area contributed by atoms with E-state index in [9.17, 15) is 4.79 Å². The number of benzene rings is 2. The van der Waals surface area contributed by atoms with E-state index in [1.54, 1.807) is 25.2 Å². The van der Waals surface area contributed by atoms with Crippen molar-refractivity contribution in [2.24, 2.45) is 0 Å². The molecule has 1 amide bonds. The third-order valence-electron chi connectivity index (χ3n) is 3.19. The van der Waals surface area contributed by atoms with Crippen LogP contribution in [-0.4, -0.2) is 13.0 Å². The van der Waals surface area contributed by atoms with Gasteiger partial charge in [0.2, 0.25) is 0 Å². The summed E-state index contributed by atoms with van der Waals surface area (Å²) in [5.41, 5.74) is 3.76. The Kier molecular flexibility index (Phi) is 4.76. The van der Waals surface area contributed by atoms with Crippen molar-refractivity contribution in [2.45, 2.75) is 13.8 Å². The second-order valence-corrected chi connectivity index (χ2v) is 5.65. The zero-order valence-corrected chi connectivity index (χ0v) is 13.6. The lowest BCUT2D eigenvalue weighted by molar-refractivity contribution is 0.102. The topological polar surface area (TPSA) is 41.1 Å². The van der Waals surface area contributed by atoms with E-state index in [1.165, 1.54) is 0 Å². The molecular weight excluding hydrogens is 307 g/mol. The van der Waals surface area contributed by atoms with Gasteiger partial charge in [-0.05, 0) is 49.2 Å². The molecule has 0 saturated heterocycles. The summed E-state index contributed by atoms with van der Waals surface area (Å²) in [6, 6.07) is 8.97. The van der Waals surface area contributed by atoms with Crippen molar-refractivity contribution in [3.05, 3.63) is 57.1 Å². The van der Waals surface area contributed by atoms with Gasteiger partial charge in [0.25, 0.3) is 5.91 Å². The molecule has 0 aromatic heterocycles. The molecule has 0 aliphatic rings. The van der Waals surface area contributed by atoms with Gasteiger partial charge in [0.15, 0.2) is 0 Å². The fourth-order valence-corrected chi connectivity index (χ4v) is 2.42. The lowest BCUT2D eigenvalue weighted by atomic mass is 10.1. The Bertz CT molecular complexity index is 699. The molecule has 0 heterocycles. The average molecular weight is 323 g/mol. The Morgan fingerprint density at radius 3 is 2.38 bits per heavy atom. The number of rotatable bonds is 3. The number of carbonyl (C=O) groups excluding carboxylic acids is 1. The number of halogens is 2. The Hall–Kier alpha value is -1.71. The van der Waals surface area contributed by atoms with Crippen LogP contribution >= 0.6 is 23.2 Å². The second-order valence-electron chi connectivity index (χ2n) is 4.83. The number of anilines is 2. The van der Waals surface area contributed by atoms with Crippen LogP contribution in [0.15, 0.2) is 30.3 Å². The first-order chi connectivity index (χ1) is 9.92. The van der Waals surface area contributed by atoms with E-state index < -0.39 is 0 Å². The van der Waals surface area contributed by atoms with Crippen LogP contribution < -0.4 is 10.6 Å². The summed E-state index contributed by atoms with van der Waals surface area (Å²) in [5.74, 6) is -0.235. The van der Waals surface area contributed by atoms with E-state index in [0.29, 0.717) is 21.3 Å². The van der Waals surface area contributed by atoms with Crippen molar-refractivity contribution < 1.29 is 4.79 Å². The van der Waals surface area contributed by atoms with Crippen LogP contribution in [0.1, 0.15) is 21.5 Å². The lowest BCUT2D eigenvalue weighted by Crippen LogP contribution is -2.14. The van der Waals surface area contributed by atoms with Gasteiger partial charge < -0.3 is 10.6 Å². The van der Waals surface area contributed by atoms with Gasteiger partial charge in [0, 0.05) is 17.8 Å². The number of carbonyl (C=O) groups is 1. The molecule has 0 atom stereocenters. The van der Waals surface area contributed by atoms with Crippen molar-refractivity contribution in [2.75, 3.05) is 17.7 Å². The molecule has 0 fully saturated rings. The minimum absolute atomic E-state index is 0.235. The molecule has 2 aromatic rings. The number of hydrogen-bond acceptors (Lipinski definition) is 2. The van der Waals surface area contributed by atoms with E-state index in [1.807, 2.05) is 26.0 Å². The zero-order valence-electron chi connectivity index (χ0n) is 12.1. The SMILES string of the molecule is CNc1cc(C)ccc1C(=O)Nc1cc(Cl)c(C)cc1Cl. The highest BCUT2D eigenvalue weighted by molar-refractivity contribution is 6.36. The maximum atomic E-state index is 12.4. The molecule has 0 spiro atoms. The van der Waals surface area contributed by atoms with Crippen LogP contribution in [0.4, 0.5) is 11.4 Å². The molecule has 21 heavy (non-hydrogen) atoms. The van der Waals surface area contributed by atoms with E-state index in [0.717, 1.165) is 16.8 Å². The summed E-state index contributed by atoms with van der Waals surface area (Å²) >= 11 is 12.2.